The van der Waals surface area contributed by atoms with Crippen LogP contribution in [0.2, 0.25) is 0 Å². The summed E-state index contributed by atoms with van der Waals surface area (Å²) >= 11 is 0. The zero-order valence-electron chi connectivity index (χ0n) is 15.3. The Morgan fingerprint density at radius 2 is 1.14 bits per heavy atom. The van der Waals surface area contributed by atoms with Gasteiger partial charge in [0.25, 0.3) is 0 Å². The second-order valence-corrected chi connectivity index (χ2v) is 5.83. The van der Waals surface area contributed by atoms with Crippen LogP contribution >= 0.6 is 0 Å². The number of carbonyl (C=O) groups excluding carboxylic acids is 3. The van der Waals surface area contributed by atoms with Crippen LogP contribution in [-0.4, -0.2) is 87.3 Å². The third-order valence-electron chi connectivity index (χ3n) is 3.56. The molecule has 0 aromatic rings. The molecule has 14 heteroatoms. The van der Waals surface area contributed by atoms with Crippen LogP contribution in [0.1, 0.15) is 25.7 Å². The first-order valence-electron chi connectivity index (χ1n) is 8.39. The van der Waals surface area contributed by atoms with Crippen molar-refractivity contribution in [2.45, 2.75) is 43.8 Å². The number of nitrogens with one attached hydrogen (secondary N) is 3. The van der Waals surface area contributed by atoms with E-state index in [9.17, 15) is 28.8 Å². The van der Waals surface area contributed by atoms with Crippen LogP contribution in [0.3, 0.4) is 0 Å². The molecule has 0 rings (SSSR count). The van der Waals surface area contributed by atoms with E-state index < -0.39 is 86.2 Å². The van der Waals surface area contributed by atoms with Crippen LogP contribution in [0.15, 0.2) is 0 Å². The number of carboxylic acid groups (broad SMARTS) is 3. The second-order valence-electron chi connectivity index (χ2n) is 5.83. The van der Waals surface area contributed by atoms with Crippen molar-refractivity contribution in [1.29, 1.82) is 0 Å². The van der Waals surface area contributed by atoms with Crippen molar-refractivity contribution in [3.05, 3.63) is 0 Å². The highest BCUT2D eigenvalue weighted by Gasteiger charge is 2.29. The van der Waals surface area contributed by atoms with E-state index in [-0.39, 0.29) is 6.42 Å². The molecule has 0 aliphatic heterocycles. The number of amides is 3. The summed E-state index contributed by atoms with van der Waals surface area (Å²) in [7, 11) is 0. The average molecular weight is 420 g/mol. The lowest BCUT2D eigenvalue weighted by atomic mass is 10.1. The minimum Gasteiger partial charge on any atom is -0.481 e. The molecule has 29 heavy (non-hydrogen) atoms. The molecule has 0 fully saturated rings. The second kappa shape index (κ2) is 13.0. The minimum absolute atomic E-state index is 0.339. The van der Waals surface area contributed by atoms with Crippen LogP contribution in [0.5, 0.6) is 0 Å². The Balaban J connectivity index is 5.35. The van der Waals surface area contributed by atoms with Crippen LogP contribution < -0.4 is 21.7 Å². The van der Waals surface area contributed by atoms with Gasteiger partial charge in [0.05, 0.1) is 13.2 Å². The third-order valence-corrected chi connectivity index (χ3v) is 3.56. The molecule has 0 radical (unpaired) electrons. The van der Waals surface area contributed by atoms with Crippen molar-refractivity contribution in [2.75, 3.05) is 13.2 Å². The first-order chi connectivity index (χ1) is 13.5. The SMILES string of the molecule is NCC(=O)NC(CCC(=O)O)C(=O)NC(CCC(=O)O)C(=O)NC(CO)C(=O)O. The highest BCUT2D eigenvalue weighted by molar-refractivity contribution is 5.94. The predicted octanol–water partition coefficient (Wildman–Crippen LogP) is -3.79. The molecule has 0 heterocycles. The number of carboxylic acids is 3. The van der Waals surface area contributed by atoms with Gasteiger partial charge in [0.15, 0.2) is 0 Å². The molecule has 0 bridgehead atoms. The van der Waals surface area contributed by atoms with Gasteiger partial charge in [0, 0.05) is 12.8 Å². The largest absolute Gasteiger partial charge is 0.481 e. The summed E-state index contributed by atoms with van der Waals surface area (Å²) in [4.78, 5) is 68.5. The van der Waals surface area contributed by atoms with Crippen molar-refractivity contribution in [2.24, 2.45) is 5.73 Å². The summed E-state index contributed by atoms with van der Waals surface area (Å²) in [5.41, 5.74) is 5.14. The van der Waals surface area contributed by atoms with Crippen molar-refractivity contribution in [1.82, 2.24) is 16.0 Å². The molecule has 0 spiro atoms. The smallest absolute Gasteiger partial charge is 0.328 e. The van der Waals surface area contributed by atoms with E-state index in [0.717, 1.165) is 0 Å². The van der Waals surface area contributed by atoms with Gasteiger partial charge in [-0.2, -0.15) is 0 Å². The van der Waals surface area contributed by atoms with Gasteiger partial charge < -0.3 is 42.1 Å². The molecule has 0 aliphatic rings. The lowest BCUT2D eigenvalue weighted by Gasteiger charge is -2.23. The minimum atomic E-state index is -1.69. The Labute approximate surface area is 164 Å². The quantitative estimate of drug-likeness (QED) is 0.135. The maximum atomic E-state index is 12.4. The number of nitrogens with two attached hydrogens (primary N) is 1. The monoisotopic (exact) mass is 420 g/mol. The van der Waals surface area contributed by atoms with Crippen LogP contribution in [0.4, 0.5) is 0 Å². The van der Waals surface area contributed by atoms with Gasteiger partial charge in [-0.05, 0) is 12.8 Å². The molecule has 3 atom stereocenters. The van der Waals surface area contributed by atoms with E-state index in [4.69, 9.17) is 26.2 Å². The number of aliphatic carboxylic acids is 3. The Morgan fingerprint density at radius 1 is 0.724 bits per heavy atom. The number of aliphatic hydroxyl groups is 1. The van der Waals surface area contributed by atoms with Crippen molar-refractivity contribution >= 4 is 35.6 Å². The Bertz CT molecular complexity index is 639. The molecule has 14 nitrogen and oxygen atoms in total. The van der Waals surface area contributed by atoms with Crippen molar-refractivity contribution in [3.8, 4) is 0 Å². The fraction of sp³-hybridized carbons (Fsp3) is 0.600. The fourth-order valence-electron chi connectivity index (χ4n) is 2.06. The maximum Gasteiger partial charge on any atom is 0.328 e. The molecular formula is C15H24N4O10. The standard InChI is InChI=1S/C15H24N4O10/c16-5-10(21)17-7(1-3-11(22)23)13(26)18-8(2-4-12(24)25)14(27)19-9(6-20)15(28)29/h7-9,20H,1-6,16H2,(H,17,21)(H,18,26)(H,19,27)(H,22,23)(H,24,25)(H,28,29). The Morgan fingerprint density at radius 3 is 1.48 bits per heavy atom. The van der Waals surface area contributed by atoms with Crippen molar-refractivity contribution in [3.63, 3.8) is 0 Å². The fourth-order valence-corrected chi connectivity index (χ4v) is 2.06. The van der Waals surface area contributed by atoms with Gasteiger partial charge in [0.1, 0.15) is 18.1 Å². The molecule has 0 aromatic carbocycles. The number of aliphatic hydroxyl groups excluding tert-OH is 1. The van der Waals surface area contributed by atoms with Crippen LogP contribution in [0, 0.1) is 0 Å². The van der Waals surface area contributed by atoms with Crippen molar-refractivity contribution < 1.29 is 49.2 Å². The Hall–Kier alpha value is -3.26. The summed E-state index contributed by atoms with van der Waals surface area (Å²) in [6.45, 7) is -1.44. The number of carbonyl (C=O) groups is 6. The highest BCUT2D eigenvalue weighted by Crippen LogP contribution is 2.04. The zero-order chi connectivity index (χ0) is 22.6. The number of rotatable bonds is 14. The lowest BCUT2D eigenvalue weighted by Crippen LogP contribution is -2.56. The van der Waals surface area contributed by atoms with Gasteiger partial charge in [-0.3, -0.25) is 24.0 Å². The molecule has 0 aromatic heterocycles. The predicted molar refractivity (Wildman–Crippen MR) is 93.3 cm³/mol. The number of hydrogen-bond acceptors (Lipinski definition) is 8. The molecule has 3 amide bonds. The van der Waals surface area contributed by atoms with Gasteiger partial charge >= 0.3 is 17.9 Å². The van der Waals surface area contributed by atoms with Gasteiger partial charge in [-0.15, -0.1) is 0 Å². The maximum absolute atomic E-state index is 12.4. The van der Waals surface area contributed by atoms with E-state index in [1.807, 2.05) is 5.32 Å². The molecule has 3 unspecified atom stereocenters. The van der Waals surface area contributed by atoms with E-state index in [1.165, 1.54) is 0 Å². The lowest BCUT2D eigenvalue weighted by molar-refractivity contribution is -0.144. The highest BCUT2D eigenvalue weighted by atomic mass is 16.4. The van der Waals surface area contributed by atoms with E-state index in [2.05, 4.69) is 10.6 Å². The van der Waals surface area contributed by atoms with E-state index >= 15 is 0 Å². The van der Waals surface area contributed by atoms with Gasteiger partial charge in [0.2, 0.25) is 17.7 Å². The third kappa shape index (κ3) is 10.6. The average Bonchev–Trinajstić information content (AvgIpc) is 2.64. The normalized spacial score (nSPS) is 13.4. The molecule has 0 aliphatic carbocycles. The molecular weight excluding hydrogens is 396 g/mol. The summed E-state index contributed by atoms with van der Waals surface area (Å²) in [5, 5.41) is 41.7. The molecule has 164 valence electrons. The molecule has 0 saturated carbocycles. The summed E-state index contributed by atoms with van der Waals surface area (Å²) in [5.74, 6) is -6.95. The molecule has 0 saturated heterocycles. The van der Waals surface area contributed by atoms with E-state index in [1.54, 1.807) is 0 Å². The molecule has 9 N–H and O–H groups in total. The van der Waals surface area contributed by atoms with E-state index in [0.29, 0.717) is 0 Å². The Kier molecular flexibility index (Phi) is 11.5. The summed E-state index contributed by atoms with van der Waals surface area (Å²) < 4.78 is 0. The zero-order valence-corrected chi connectivity index (χ0v) is 15.3. The first-order valence-corrected chi connectivity index (χ1v) is 8.39. The van der Waals surface area contributed by atoms with Crippen LogP contribution in [-0.2, 0) is 28.8 Å². The summed E-state index contributed by atoms with van der Waals surface area (Å²) in [6, 6.07) is -4.59. The van der Waals surface area contributed by atoms with Crippen LogP contribution in [0.25, 0.3) is 0 Å². The topological polar surface area (TPSA) is 245 Å². The number of hydrogen-bond donors (Lipinski definition) is 8. The van der Waals surface area contributed by atoms with Gasteiger partial charge in [-0.25, -0.2) is 4.79 Å². The first kappa shape index (κ1) is 25.7. The van der Waals surface area contributed by atoms with Gasteiger partial charge in [-0.1, -0.05) is 0 Å². The summed E-state index contributed by atoms with van der Waals surface area (Å²) in [6.07, 6.45) is -1.83.